The number of amides is 1. The first-order valence-electron chi connectivity index (χ1n) is 11.2. The molecule has 5 rings (SSSR count). The molecule has 2 atom stereocenters. The van der Waals surface area contributed by atoms with Crippen molar-refractivity contribution in [3.8, 4) is 0 Å². The highest BCUT2D eigenvalue weighted by Gasteiger charge is 2.32. The van der Waals surface area contributed by atoms with Crippen LogP contribution in [0, 0.1) is 11.7 Å². The molecule has 1 aliphatic heterocycles. The second-order valence-electron chi connectivity index (χ2n) is 8.99. The van der Waals surface area contributed by atoms with Gasteiger partial charge in [0.25, 0.3) is 5.56 Å². The predicted octanol–water partition coefficient (Wildman–Crippen LogP) is 4.34. The van der Waals surface area contributed by atoms with Crippen molar-refractivity contribution >= 4 is 45.7 Å². The molecule has 1 amide bonds. The van der Waals surface area contributed by atoms with Gasteiger partial charge in [0.05, 0.1) is 35.2 Å². The first-order valence-corrected chi connectivity index (χ1v) is 12.0. The Morgan fingerprint density at radius 1 is 1.32 bits per heavy atom. The number of nitrogens with two attached hydrogens (primary N) is 1. The van der Waals surface area contributed by atoms with Gasteiger partial charge < -0.3 is 20.9 Å². The summed E-state index contributed by atoms with van der Waals surface area (Å²) in [5, 5.41) is 4.10. The Morgan fingerprint density at radius 3 is 2.82 bits per heavy atom. The van der Waals surface area contributed by atoms with Gasteiger partial charge in [-0.05, 0) is 67.5 Å². The van der Waals surface area contributed by atoms with E-state index in [1.54, 1.807) is 11.0 Å². The molecule has 1 unspecified atom stereocenters. The highest BCUT2D eigenvalue weighted by atomic mass is 35.5. The smallest absolute Gasteiger partial charge is 0.258 e. The Labute approximate surface area is 205 Å². The van der Waals surface area contributed by atoms with Gasteiger partial charge in [0.1, 0.15) is 11.6 Å². The highest BCUT2D eigenvalue weighted by molar-refractivity contribution is 6.35. The van der Waals surface area contributed by atoms with Crippen molar-refractivity contribution in [1.29, 1.82) is 0 Å². The average molecular weight is 504 g/mol. The number of carbonyl (C=O) groups is 1. The molecular formula is C24H24Cl2FN5O2. The van der Waals surface area contributed by atoms with Crippen LogP contribution in [0.4, 0.5) is 10.1 Å². The van der Waals surface area contributed by atoms with Gasteiger partial charge in [-0.2, -0.15) is 0 Å². The Kier molecular flexibility index (Phi) is 6.00. The summed E-state index contributed by atoms with van der Waals surface area (Å²) in [6.45, 7) is 2.29. The van der Waals surface area contributed by atoms with Gasteiger partial charge in [-0.3, -0.25) is 9.59 Å². The van der Waals surface area contributed by atoms with Gasteiger partial charge in [0.2, 0.25) is 5.91 Å². The lowest BCUT2D eigenvalue weighted by molar-refractivity contribution is -0.131. The van der Waals surface area contributed by atoms with Gasteiger partial charge >= 0.3 is 0 Å². The van der Waals surface area contributed by atoms with Crippen LogP contribution >= 0.6 is 23.2 Å². The van der Waals surface area contributed by atoms with Gasteiger partial charge in [0, 0.05) is 16.6 Å². The molecule has 0 spiro atoms. The lowest BCUT2D eigenvalue weighted by Crippen LogP contribution is -2.42. The van der Waals surface area contributed by atoms with E-state index in [-0.39, 0.29) is 35.6 Å². The second kappa shape index (κ2) is 8.83. The third kappa shape index (κ3) is 4.26. The summed E-state index contributed by atoms with van der Waals surface area (Å²) in [5.74, 6) is -0.135. The van der Waals surface area contributed by atoms with Crippen LogP contribution in [0.3, 0.4) is 0 Å². The van der Waals surface area contributed by atoms with Crippen LogP contribution in [0.15, 0.2) is 29.1 Å². The Hall–Kier alpha value is -2.68. The number of carbonyl (C=O) groups excluding carboxylic acids is 1. The largest absolute Gasteiger partial charge is 0.374 e. The highest BCUT2D eigenvalue weighted by Crippen LogP contribution is 2.39. The number of nitrogens with one attached hydrogen (secondary N) is 2. The Morgan fingerprint density at radius 2 is 2.09 bits per heavy atom. The third-order valence-electron chi connectivity index (χ3n) is 6.70. The van der Waals surface area contributed by atoms with Crippen LogP contribution in [0.1, 0.15) is 48.8 Å². The number of H-pyrrole nitrogens is 1. The number of nitrogens with zero attached hydrogens (tertiary/aromatic N) is 2. The van der Waals surface area contributed by atoms with Crippen molar-refractivity contribution in [1.82, 2.24) is 14.9 Å². The molecule has 178 valence electrons. The number of halogens is 3. The normalized spacial score (nSPS) is 18.6. The molecule has 2 heterocycles. The number of benzene rings is 2. The summed E-state index contributed by atoms with van der Waals surface area (Å²) >= 11 is 12.5. The summed E-state index contributed by atoms with van der Waals surface area (Å²) in [4.78, 5) is 34.3. The van der Waals surface area contributed by atoms with Crippen LogP contribution in [0.25, 0.3) is 10.9 Å². The molecule has 2 aromatic carbocycles. The zero-order valence-corrected chi connectivity index (χ0v) is 20.0. The minimum atomic E-state index is -0.637. The van der Waals surface area contributed by atoms with E-state index in [4.69, 9.17) is 28.9 Å². The molecule has 4 N–H and O–H groups in total. The summed E-state index contributed by atoms with van der Waals surface area (Å²) < 4.78 is 14.7. The number of hydrogen-bond donors (Lipinski definition) is 3. The van der Waals surface area contributed by atoms with Gasteiger partial charge in [-0.25, -0.2) is 9.37 Å². The van der Waals surface area contributed by atoms with Gasteiger partial charge in [0.15, 0.2) is 0 Å². The van der Waals surface area contributed by atoms with E-state index in [1.165, 1.54) is 6.07 Å². The van der Waals surface area contributed by atoms with Gasteiger partial charge in [-0.1, -0.05) is 23.2 Å². The standard InChI is InChI=1S/C24H24Cl2FN5O2/c1-11-21-13(6-14(25)7-16(21)26)4-5-32(11)20(33)10-29-19-9-18-15(8-17(19)27)24(34)31-23(30-18)22(28)12-2-3-12/h6-9,11-12,22,29H,2-5,10,28H2,1H3,(H,30,31,34)/t11?,22-/m0/s1. The van der Waals surface area contributed by atoms with Crippen molar-refractivity contribution < 1.29 is 9.18 Å². The predicted molar refractivity (Wildman–Crippen MR) is 131 cm³/mol. The Bertz CT molecular complexity index is 1360. The third-order valence-corrected chi connectivity index (χ3v) is 7.23. The summed E-state index contributed by atoms with van der Waals surface area (Å²) in [6.07, 6.45) is 2.63. The van der Waals surface area contributed by atoms with Crippen LogP contribution in [0.5, 0.6) is 0 Å². The number of anilines is 1. The van der Waals surface area contributed by atoms with E-state index < -0.39 is 11.4 Å². The van der Waals surface area contributed by atoms with E-state index in [0.717, 1.165) is 30.0 Å². The van der Waals surface area contributed by atoms with E-state index >= 15 is 0 Å². The lowest BCUT2D eigenvalue weighted by Gasteiger charge is -2.36. The molecule has 0 radical (unpaired) electrons. The van der Waals surface area contributed by atoms with E-state index in [1.807, 2.05) is 13.0 Å². The number of fused-ring (bicyclic) bond motifs is 2. The fraction of sp³-hybridized carbons (Fsp3) is 0.375. The maximum Gasteiger partial charge on any atom is 0.258 e. The molecule has 1 saturated carbocycles. The fourth-order valence-corrected chi connectivity index (χ4v) is 5.36. The van der Waals surface area contributed by atoms with E-state index in [2.05, 4.69) is 15.3 Å². The molecule has 2 aliphatic rings. The molecule has 1 aromatic heterocycles. The number of aromatic amines is 1. The van der Waals surface area contributed by atoms with Crippen molar-refractivity contribution in [3.05, 3.63) is 67.4 Å². The first kappa shape index (κ1) is 23.1. The quantitative estimate of drug-likeness (QED) is 0.480. The first-order chi connectivity index (χ1) is 16.2. The molecule has 1 aliphatic carbocycles. The van der Waals surface area contributed by atoms with Crippen molar-refractivity contribution in [3.63, 3.8) is 0 Å². The zero-order chi connectivity index (χ0) is 24.1. The SMILES string of the molecule is CC1c2c(Cl)cc(Cl)cc2CCN1C(=O)CNc1cc2nc([C@@H](N)C3CC3)[nH]c(=O)c2cc1F. The van der Waals surface area contributed by atoms with Crippen molar-refractivity contribution in [2.75, 3.05) is 18.4 Å². The fourth-order valence-electron chi connectivity index (χ4n) is 4.67. The minimum Gasteiger partial charge on any atom is -0.374 e. The second-order valence-corrected chi connectivity index (χ2v) is 9.83. The summed E-state index contributed by atoms with van der Waals surface area (Å²) in [5.41, 5.74) is 8.08. The van der Waals surface area contributed by atoms with Crippen LogP contribution < -0.4 is 16.6 Å². The molecule has 34 heavy (non-hydrogen) atoms. The molecule has 1 fully saturated rings. The Balaban J connectivity index is 1.35. The molecule has 0 saturated heterocycles. The monoisotopic (exact) mass is 503 g/mol. The molecule has 0 bridgehead atoms. The van der Waals surface area contributed by atoms with Crippen LogP contribution in [0.2, 0.25) is 10.0 Å². The lowest BCUT2D eigenvalue weighted by atomic mass is 9.93. The van der Waals surface area contributed by atoms with E-state index in [0.29, 0.717) is 40.3 Å². The van der Waals surface area contributed by atoms with Gasteiger partial charge in [-0.15, -0.1) is 0 Å². The maximum atomic E-state index is 14.7. The van der Waals surface area contributed by atoms with E-state index in [9.17, 15) is 14.0 Å². The maximum absolute atomic E-state index is 14.7. The average Bonchev–Trinajstić information content (AvgIpc) is 3.62. The summed E-state index contributed by atoms with van der Waals surface area (Å²) in [6, 6.07) is 5.53. The van der Waals surface area contributed by atoms with Crippen LogP contribution in [-0.4, -0.2) is 33.9 Å². The topological polar surface area (TPSA) is 104 Å². The molecular weight excluding hydrogens is 480 g/mol. The van der Waals surface area contributed by atoms with Crippen molar-refractivity contribution in [2.45, 2.75) is 38.3 Å². The number of rotatable bonds is 5. The minimum absolute atomic E-state index is 0.0970. The van der Waals surface area contributed by atoms with Crippen molar-refractivity contribution in [2.24, 2.45) is 11.7 Å². The van der Waals surface area contributed by atoms with Crippen LogP contribution in [-0.2, 0) is 11.2 Å². The number of aromatic nitrogens is 2. The zero-order valence-electron chi connectivity index (χ0n) is 18.5. The number of hydrogen-bond acceptors (Lipinski definition) is 5. The molecule has 7 nitrogen and oxygen atoms in total. The summed E-state index contributed by atoms with van der Waals surface area (Å²) in [7, 11) is 0. The molecule has 3 aromatic rings. The molecule has 10 heteroatoms.